The van der Waals surface area contributed by atoms with E-state index in [9.17, 15) is 0 Å². The van der Waals surface area contributed by atoms with Crippen molar-refractivity contribution in [2.75, 3.05) is 0 Å². The van der Waals surface area contributed by atoms with Gasteiger partial charge in [-0.05, 0) is 140 Å². The Bertz CT molecular complexity index is 5200. The van der Waals surface area contributed by atoms with Crippen LogP contribution in [0.2, 0.25) is 0 Å². The molecule has 114 heavy (non-hydrogen) atoms. The van der Waals surface area contributed by atoms with Crippen LogP contribution in [-0.4, -0.2) is 29.9 Å². The van der Waals surface area contributed by atoms with Gasteiger partial charge in [-0.1, -0.05) is 364 Å². The molecule has 19 rings (SSSR count). The fourth-order valence-electron chi connectivity index (χ4n) is 15.6. The van der Waals surface area contributed by atoms with Gasteiger partial charge in [0.15, 0.2) is 0 Å². The second kappa shape index (κ2) is 31.4. The summed E-state index contributed by atoms with van der Waals surface area (Å²) in [5, 5.41) is 0. The monoisotopic (exact) mass is 1450 g/mol. The summed E-state index contributed by atoms with van der Waals surface area (Å²) in [6.45, 7) is 0. The summed E-state index contributed by atoms with van der Waals surface area (Å²) in [7, 11) is 0. The molecule has 13 aromatic carbocycles. The van der Waals surface area contributed by atoms with Crippen LogP contribution in [0.25, 0.3) is 202 Å². The molecule has 19 aromatic rings. The fourth-order valence-corrected chi connectivity index (χ4v) is 15.6. The zero-order valence-corrected chi connectivity index (χ0v) is 62.3. The molecule has 6 aromatic heterocycles. The summed E-state index contributed by atoms with van der Waals surface area (Å²) in [5.74, 6) is 0. The Balaban J connectivity index is 1.14. The first-order chi connectivity index (χ1) is 56.5. The van der Waals surface area contributed by atoms with Crippen LogP contribution >= 0.6 is 0 Å². The van der Waals surface area contributed by atoms with E-state index in [1.807, 2.05) is 0 Å². The number of hydrogen-bond acceptors (Lipinski definition) is 6. The summed E-state index contributed by atoms with van der Waals surface area (Å²) in [5.41, 5.74) is 32.1. The van der Waals surface area contributed by atoms with Gasteiger partial charge < -0.3 is 0 Å². The van der Waals surface area contributed by atoms with Crippen LogP contribution in [-0.2, 0) is 0 Å². The first-order valence-electron chi connectivity index (χ1n) is 38.5. The average Bonchev–Trinajstić information content (AvgIpc) is 0.703. The highest BCUT2D eigenvalue weighted by Crippen LogP contribution is 2.59. The molecule has 0 spiro atoms. The Labute approximate surface area is 664 Å². The highest BCUT2D eigenvalue weighted by Gasteiger charge is 2.34. The van der Waals surface area contributed by atoms with Crippen molar-refractivity contribution in [1.29, 1.82) is 0 Å². The van der Waals surface area contributed by atoms with Crippen molar-refractivity contribution in [3.05, 3.63) is 437 Å². The van der Waals surface area contributed by atoms with E-state index in [0.29, 0.717) is 0 Å². The first kappa shape index (κ1) is 69.2. The largest absolute Gasteiger partial charge is 0.248 e. The van der Waals surface area contributed by atoms with Gasteiger partial charge in [0.1, 0.15) is 0 Å². The zero-order chi connectivity index (χ0) is 75.9. The highest BCUT2D eigenvalue weighted by atomic mass is 14.8. The Morgan fingerprint density at radius 3 is 0.246 bits per heavy atom. The number of aromatic nitrogens is 6. The topological polar surface area (TPSA) is 77.3 Å². The van der Waals surface area contributed by atoms with Crippen LogP contribution in [0.1, 0.15) is 0 Å². The molecule has 0 radical (unpaired) electrons. The van der Waals surface area contributed by atoms with E-state index in [1.165, 1.54) is 0 Å². The van der Waals surface area contributed by atoms with Gasteiger partial charge in [0.2, 0.25) is 0 Å². The SMILES string of the molecule is c1ccc(-c2cc(-c3c(-c4cc(-c5ccccc5)nc(-c5ccccc5)c4)c(-c4cc(-c5ccccc5)nc(-c5ccccc5)c4)c(-c4cc(-c5ccccc5)nc(-c5ccccc5)c4)c(-c4cc(-c5ccccc5)nc(-c5ccccc5)c4)c3-c3cc(-c4ccccc4)nc(-c4ccccc4)c3)cc(-c3ccccc3)n2)cc1. The van der Waals surface area contributed by atoms with Gasteiger partial charge in [-0.25, -0.2) is 29.9 Å². The molecule has 0 amide bonds. The minimum atomic E-state index is 0.794. The summed E-state index contributed by atoms with van der Waals surface area (Å²) < 4.78 is 0. The van der Waals surface area contributed by atoms with Gasteiger partial charge in [-0.2, -0.15) is 0 Å². The van der Waals surface area contributed by atoms with Gasteiger partial charge >= 0.3 is 0 Å². The molecule has 0 unspecified atom stereocenters. The zero-order valence-electron chi connectivity index (χ0n) is 62.3. The Hall–Kier alpha value is -15.2. The minimum Gasteiger partial charge on any atom is -0.248 e. The minimum absolute atomic E-state index is 0.794. The van der Waals surface area contributed by atoms with E-state index in [2.05, 4.69) is 437 Å². The van der Waals surface area contributed by atoms with Gasteiger partial charge in [0.25, 0.3) is 0 Å². The summed E-state index contributed by atoms with van der Waals surface area (Å²) in [6, 6.07) is 155. The number of nitrogens with zero attached hydrogens (tertiary/aromatic N) is 6. The molecule has 0 aliphatic carbocycles. The van der Waals surface area contributed by atoms with Gasteiger partial charge in [-0.15, -0.1) is 0 Å². The van der Waals surface area contributed by atoms with Crippen molar-refractivity contribution in [2.45, 2.75) is 0 Å². The number of rotatable bonds is 18. The van der Waals surface area contributed by atoms with Crippen LogP contribution in [0, 0.1) is 0 Å². The van der Waals surface area contributed by atoms with Crippen LogP contribution < -0.4 is 0 Å². The third kappa shape index (κ3) is 14.3. The predicted octanol–water partition coefficient (Wildman–Crippen LogP) is 28.1. The highest BCUT2D eigenvalue weighted by molar-refractivity contribution is 6.17. The second-order valence-corrected chi connectivity index (χ2v) is 28.4. The van der Waals surface area contributed by atoms with E-state index >= 15 is 0 Å². The smallest absolute Gasteiger partial charge is 0.0715 e. The molecule has 0 aliphatic rings. The van der Waals surface area contributed by atoms with E-state index in [0.717, 1.165) is 202 Å². The van der Waals surface area contributed by atoms with Crippen LogP contribution in [0.15, 0.2) is 437 Å². The summed E-state index contributed by atoms with van der Waals surface area (Å²) in [4.78, 5) is 34.6. The van der Waals surface area contributed by atoms with Crippen LogP contribution in [0.5, 0.6) is 0 Å². The molecule has 0 saturated heterocycles. The lowest BCUT2D eigenvalue weighted by Gasteiger charge is -2.30. The Morgan fingerprint density at radius 2 is 0.167 bits per heavy atom. The molecule has 6 nitrogen and oxygen atoms in total. The lowest BCUT2D eigenvalue weighted by molar-refractivity contribution is 1.30. The average molecular weight is 1450 g/mol. The number of benzene rings is 13. The molecule has 0 N–H and O–H groups in total. The van der Waals surface area contributed by atoms with Crippen LogP contribution in [0.3, 0.4) is 0 Å². The quantitative estimate of drug-likeness (QED) is 0.0852. The molecule has 0 atom stereocenters. The molecule has 0 aliphatic heterocycles. The third-order valence-electron chi connectivity index (χ3n) is 21.0. The number of hydrogen-bond donors (Lipinski definition) is 0. The summed E-state index contributed by atoms with van der Waals surface area (Å²) in [6.07, 6.45) is 0. The first-order valence-corrected chi connectivity index (χ1v) is 38.5. The fraction of sp³-hybridized carbons (Fsp3) is 0. The molecule has 534 valence electrons. The molecule has 6 heteroatoms. The normalized spacial score (nSPS) is 11.2. The number of pyridine rings is 6. The Morgan fingerprint density at radius 1 is 0.0877 bits per heavy atom. The van der Waals surface area contributed by atoms with Gasteiger partial charge in [0.05, 0.1) is 68.3 Å². The third-order valence-corrected chi connectivity index (χ3v) is 21.0. The van der Waals surface area contributed by atoms with E-state index in [4.69, 9.17) is 29.9 Å². The van der Waals surface area contributed by atoms with Gasteiger partial charge in [-0.3, -0.25) is 0 Å². The molecular formula is C108H72N6. The molecule has 0 fully saturated rings. The lowest BCUT2D eigenvalue weighted by atomic mass is 9.73. The van der Waals surface area contributed by atoms with Crippen molar-refractivity contribution < 1.29 is 0 Å². The van der Waals surface area contributed by atoms with Crippen molar-refractivity contribution in [3.63, 3.8) is 0 Å². The lowest BCUT2D eigenvalue weighted by Crippen LogP contribution is -2.06. The van der Waals surface area contributed by atoms with Crippen molar-refractivity contribution >= 4 is 0 Å². The molecule has 0 saturated carbocycles. The standard InChI is InChI=1S/C108H72N6/c1-13-37-73(38-14-1)91-61-85(62-92(109-91)74-39-15-2-16-40-74)103-104(86-63-93(75-41-17-3-18-42-75)110-94(64-86)76-43-19-4-20-44-76)106(88-67-97(79-49-25-7-26-50-79)112-98(68-88)80-51-27-8-28-52-80)108(90-71-101(83-57-33-11-34-58-83)114-102(72-90)84-59-35-12-36-60-84)107(89-69-99(81-53-29-9-30-54-81)113-100(70-89)82-55-31-10-32-56-82)105(103)87-65-95(77-45-21-5-22-46-77)111-96(66-87)78-47-23-6-24-48-78/h1-72H. The maximum atomic E-state index is 5.76. The van der Waals surface area contributed by atoms with Crippen LogP contribution in [0.4, 0.5) is 0 Å². The molecule has 0 bridgehead atoms. The van der Waals surface area contributed by atoms with Crippen molar-refractivity contribution in [3.8, 4) is 202 Å². The Kier molecular flexibility index (Phi) is 19.1. The maximum absolute atomic E-state index is 5.76. The van der Waals surface area contributed by atoms with Gasteiger partial charge in [0, 0.05) is 66.8 Å². The van der Waals surface area contributed by atoms with E-state index < -0.39 is 0 Å². The molecular weight excluding hydrogens is 1380 g/mol. The second-order valence-electron chi connectivity index (χ2n) is 28.4. The maximum Gasteiger partial charge on any atom is 0.0715 e. The summed E-state index contributed by atoms with van der Waals surface area (Å²) >= 11 is 0. The van der Waals surface area contributed by atoms with E-state index in [1.54, 1.807) is 0 Å². The molecule has 6 heterocycles. The predicted molar refractivity (Wildman–Crippen MR) is 471 cm³/mol. The van der Waals surface area contributed by atoms with E-state index in [-0.39, 0.29) is 0 Å². The van der Waals surface area contributed by atoms with Crippen molar-refractivity contribution in [2.24, 2.45) is 0 Å². The van der Waals surface area contributed by atoms with Crippen molar-refractivity contribution in [1.82, 2.24) is 29.9 Å².